The number of aromatic nitrogens is 1. The van der Waals surface area contributed by atoms with E-state index in [4.69, 9.17) is 5.73 Å². The summed E-state index contributed by atoms with van der Waals surface area (Å²) in [5, 5.41) is 5.53. The van der Waals surface area contributed by atoms with Gasteiger partial charge in [0, 0.05) is 50.7 Å². The van der Waals surface area contributed by atoms with E-state index in [1.165, 1.54) is 11.3 Å². The first kappa shape index (κ1) is 26.1. The second-order valence-electron chi connectivity index (χ2n) is 5.36. The summed E-state index contributed by atoms with van der Waals surface area (Å²) in [7, 11) is 0. The van der Waals surface area contributed by atoms with Gasteiger partial charge in [0.15, 0.2) is 0 Å². The van der Waals surface area contributed by atoms with E-state index in [-0.39, 0.29) is 43.1 Å². The highest BCUT2D eigenvalue weighted by atomic mass is 35.5. The molecular weight excluding hydrogens is 393 g/mol. The van der Waals surface area contributed by atoms with Gasteiger partial charge >= 0.3 is 0 Å². The minimum absolute atomic E-state index is 0. The van der Waals surface area contributed by atoms with E-state index in [2.05, 4.69) is 33.9 Å². The first-order valence-corrected chi connectivity index (χ1v) is 8.41. The number of nitrogens with two attached hydrogens (primary N) is 1. The van der Waals surface area contributed by atoms with Crippen LogP contribution in [0.1, 0.15) is 29.3 Å². The third kappa shape index (κ3) is 7.39. The van der Waals surface area contributed by atoms with Crippen molar-refractivity contribution in [3.63, 3.8) is 0 Å². The Morgan fingerprint density at radius 2 is 1.96 bits per heavy atom. The van der Waals surface area contributed by atoms with Crippen molar-refractivity contribution < 1.29 is 4.79 Å². The van der Waals surface area contributed by atoms with Gasteiger partial charge in [0.05, 0.1) is 0 Å². The predicted molar refractivity (Wildman–Crippen MR) is 107 cm³/mol. The molecule has 1 amide bonds. The second-order valence-corrected chi connectivity index (χ2v) is 6.30. The largest absolute Gasteiger partial charge is 0.349 e. The standard InChI is InChI=1S/C14H25N5OS.3ClH/c1-3-18-4-6-19(7-5-18)11(2)9-16-14(20)12-10-21-13(8-15)17-12;;;/h10-11H,3-9,15H2,1-2H3,(H,16,20);3*1H. The van der Waals surface area contributed by atoms with Crippen molar-refractivity contribution in [3.8, 4) is 0 Å². The zero-order chi connectivity index (χ0) is 15.2. The highest BCUT2D eigenvalue weighted by Crippen LogP contribution is 2.09. The molecule has 2 heterocycles. The summed E-state index contributed by atoms with van der Waals surface area (Å²) in [6.45, 7) is 10.9. The fourth-order valence-electron chi connectivity index (χ4n) is 2.49. The highest BCUT2D eigenvalue weighted by Gasteiger charge is 2.21. The highest BCUT2D eigenvalue weighted by molar-refractivity contribution is 7.09. The van der Waals surface area contributed by atoms with Crippen molar-refractivity contribution in [3.05, 3.63) is 16.1 Å². The molecule has 0 saturated carbocycles. The van der Waals surface area contributed by atoms with Crippen LogP contribution in [0, 0.1) is 0 Å². The Morgan fingerprint density at radius 1 is 1.33 bits per heavy atom. The number of piperazine rings is 1. The van der Waals surface area contributed by atoms with E-state index >= 15 is 0 Å². The summed E-state index contributed by atoms with van der Waals surface area (Å²) in [6, 6.07) is 0.348. The number of rotatable bonds is 6. The minimum Gasteiger partial charge on any atom is -0.349 e. The van der Waals surface area contributed by atoms with E-state index in [1.54, 1.807) is 5.38 Å². The SMILES string of the molecule is CCN1CCN(C(C)CNC(=O)c2csc(CN)n2)CC1.Cl.Cl.Cl. The Morgan fingerprint density at radius 3 is 2.46 bits per heavy atom. The Bertz CT molecular complexity index is 469. The number of hydrogen-bond acceptors (Lipinski definition) is 6. The lowest BCUT2D eigenvalue weighted by molar-refractivity contribution is 0.0879. The number of hydrogen-bond donors (Lipinski definition) is 2. The zero-order valence-corrected chi connectivity index (χ0v) is 17.3. The molecule has 1 saturated heterocycles. The minimum atomic E-state index is -0.106. The van der Waals surface area contributed by atoms with Gasteiger partial charge in [-0.1, -0.05) is 6.92 Å². The molecule has 1 aliphatic heterocycles. The van der Waals surface area contributed by atoms with Crippen LogP contribution < -0.4 is 11.1 Å². The monoisotopic (exact) mass is 419 g/mol. The van der Waals surface area contributed by atoms with E-state index in [9.17, 15) is 4.79 Å². The van der Waals surface area contributed by atoms with Crippen molar-refractivity contribution in [2.45, 2.75) is 26.4 Å². The third-order valence-electron chi connectivity index (χ3n) is 3.99. The lowest BCUT2D eigenvalue weighted by atomic mass is 10.2. The number of carbonyl (C=O) groups excluding carboxylic acids is 1. The summed E-state index contributed by atoms with van der Waals surface area (Å²) in [4.78, 5) is 21.1. The van der Waals surface area contributed by atoms with Crippen molar-refractivity contribution in [1.29, 1.82) is 0 Å². The van der Waals surface area contributed by atoms with Gasteiger partial charge in [0.25, 0.3) is 5.91 Å². The fraction of sp³-hybridized carbons (Fsp3) is 0.714. The molecule has 1 aromatic heterocycles. The molecular formula is C14H28Cl3N5OS. The van der Waals surface area contributed by atoms with E-state index in [0.717, 1.165) is 37.7 Å². The normalized spacial score (nSPS) is 16.3. The quantitative estimate of drug-likeness (QED) is 0.731. The molecule has 0 aliphatic carbocycles. The summed E-state index contributed by atoms with van der Waals surface area (Å²) in [5.74, 6) is -0.106. The van der Waals surface area contributed by atoms with Gasteiger partial charge in [-0.25, -0.2) is 4.98 Å². The first-order valence-electron chi connectivity index (χ1n) is 7.53. The Kier molecular flexibility index (Phi) is 14.2. The van der Waals surface area contributed by atoms with Gasteiger partial charge < -0.3 is 16.0 Å². The van der Waals surface area contributed by atoms with Crippen molar-refractivity contribution in [2.75, 3.05) is 39.3 Å². The number of amides is 1. The topological polar surface area (TPSA) is 74.5 Å². The summed E-state index contributed by atoms with van der Waals surface area (Å²) >= 11 is 1.43. The maximum Gasteiger partial charge on any atom is 0.270 e. The molecule has 0 radical (unpaired) electrons. The van der Waals surface area contributed by atoms with Gasteiger partial charge in [-0.05, 0) is 13.5 Å². The molecule has 0 spiro atoms. The number of likely N-dealkylation sites (N-methyl/N-ethyl adjacent to an activating group) is 1. The number of thiazole rings is 1. The molecule has 10 heteroatoms. The zero-order valence-electron chi connectivity index (χ0n) is 14.1. The Balaban J connectivity index is 0. The number of halogens is 3. The van der Waals surface area contributed by atoms with Crippen molar-refractivity contribution in [2.24, 2.45) is 5.73 Å². The summed E-state index contributed by atoms with van der Waals surface area (Å²) in [6.07, 6.45) is 0. The lowest BCUT2D eigenvalue weighted by Gasteiger charge is -2.37. The number of nitrogens with zero attached hydrogens (tertiary/aromatic N) is 3. The molecule has 2 rings (SSSR count). The van der Waals surface area contributed by atoms with Crippen LogP contribution in [0.15, 0.2) is 5.38 Å². The third-order valence-corrected chi connectivity index (χ3v) is 4.87. The molecule has 0 bridgehead atoms. The van der Waals surface area contributed by atoms with Crippen LogP contribution in [0.4, 0.5) is 0 Å². The fourth-order valence-corrected chi connectivity index (χ4v) is 3.14. The lowest BCUT2D eigenvalue weighted by Crippen LogP contribution is -2.52. The van der Waals surface area contributed by atoms with Crippen LogP contribution in [0.25, 0.3) is 0 Å². The molecule has 1 unspecified atom stereocenters. The van der Waals surface area contributed by atoms with Crippen LogP contribution in [0.3, 0.4) is 0 Å². The smallest absolute Gasteiger partial charge is 0.270 e. The molecule has 0 aromatic carbocycles. The van der Waals surface area contributed by atoms with E-state index in [1.807, 2.05) is 0 Å². The van der Waals surface area contributed by atoms with Crippen LogP contribution in [0.5, 0.6) is 0 Å². The number of carbonyl (C=O) groups is 1. The molecule has 142 valence electrons. The van der Waals surface area contributed by atoms with Gasteiger partial charge in [0.1, 0.15) is 10.7 Å². The van der Waals surface area contributed by atoms with Gasteiger partial charge in [0.2, 0.25) is 0 Å². The second kappa shape index (κ2) is 13.1. The van der Waals surface area contributed by atoms with Gasteiger partial charge in [-0.15, -0.1) is 48.6 Å². The van der Waals surface area contributed by atoms with E-state index < -0.39 is 0 Å². The van der Waals surface area contributed by atoms with Crippen molar-refractivity contribution >= 4 is 54.5 Å². The van der Waals surface area contributed by atoms with E-state index in [0.29, 0.717) is 24.8 Å². The average Bonchev–Trinajstić information content (AvgIpc) is 3.01. The Hall–Kier alpha value is -0.150. The Labute approximate surface area is 166 Å². The maximum absolute atomic E-state index is 12.0. The van der Waals surface area contributed by atoms with Gasteiger partial charge in [-0.2, -0.15) is 0 Å². The van der Waals surface area contributed by atoms with Crippen LogP contribution in [-0.2, 0) is 6.54 Å². The average molecular weight is 421 g/mol. The molecule has 1 atom stereocenters. The van der Waals surface area contributed by atoms with Gasteiger partial charge in [-0.3, -0.25) is 9.69 Å². The molecule has 6 nitrogen and oxygen atoms in total. The summed E-state index contributed by atoms with van der Waals surface area (Å²) < 4.78 is 0. The maximum atomic E-state index is 12.0. The summed E-state index contributed by atoms with van der Waals surface area (Å²) in [5.41, 5.74) is 5.99. The molecule has 1 aliphatic rings. The number of nitrogens with one attached hydrogen (secondary N) is 1. The molecule has 1 aromatic rings. The van der Waals surface area contributed by atoms with Crippen LogP contribution >= 0.6 is 48.6 Å². The predicted octanol–water partition coefficient (Wildman–Crippen LogP) is 1.62. The van der Waals surface area contributed by atoms with Crippen LogP contribution in [-0.4, -0.2) is 66.0 Å². The molecule has 1 fully saturated rings. The van der Waals surface area contributed by atoms with Crippen LogP contribution in [0.2, 0.25) is 0 Å². The first-order chi connectivity index (χ1) is 10.1. The molecule has 3 N–H and O–H groups in total. The van der Waals surface area contributed by atoms with Crippen molar-refractivity contribution in [1.82, 2.24) is 20.1 Å². The molecule has 24 heavy (non-hydrogen) atoms.